The Morgan fingerprint density at radius 1 is 1.33 bits per heavy atom. The fourth-order valence-corrected chi connectivity index (χ4v) is 2.02. The van der Waals surface area contributed by atoms with Crippen molar-refractivity contribution in [3.63, 3.8) is 0 Å². The van der Waals surface area contributed by atoms with Gasteiger partial charge in [0.05, 0.1) is 17.6 Å². The summed E-state index contributed by atoms with van der Waals surface area (Å²) in [5.41, 5.74) is 3.47. The Labute approximate surface area is 102 Å². The van der Waals surface area contributed by atoms with Crippen molar-refractivity contribution in [2.24, 2.45) is 0 Å². The van der Waals surface area contributed by atoms with Crippen LogP contribution in [0.1, 0.15) is 26.4 Å². The first-order valence-corrected chi connectivity index (χ1v) is 5.40. The average molecular weight is 242 g/mol. The maximum absolute atomic E-state index is 11.1. The zero-order valence-corrected chi connectivity index (χ0v) is 9.60. The number of hydrogen-bond donors (Lipinski definition) is 2. The van der Waals surface area contributed by atoms with Gasteiger partial charge in [-0.3, -0.25) is 9.59 Å². The largest absolute Gasteiger partial charge is 0.350 e. The average Bonchev–Trinajstić information content (AvgIpc) is 3.00. The smallest absolute Gasteiger partial charge is 0.166 e. The molecule has 6 nitrogen and oxygen atoms in total. The molecule has 0 unspecified atom stereocenters. The SMILES string of the molecule is Cc1c(C=O)[nH]c(-c2cn3[nH]ccc3n2)c1C=O. The third kappa shape index (κ3) is 1.32. The Hall–Kier alpha value is -2.63. The molecule has 0 aliphatic heterocycles. The van der Waals surface area contributed by atoms with Crippen LogP contribution in [0.4, 0.5) is 0 Å². The van der Waals surface area contributed by atoms with Gasteiger partial charge in [-0.25, -0.2) is 9.50 Å². The van der Waals surface area contributed by atoms with E-state index < -0.39 is 0 Å². The number of hydrogen-bond acceptors (Lipinski definition) is 3. The van der Waals surface area contributed by atoms with Gasteiger partial charge in [0.1, 0.15) is 5.69 Å². The Kier molecular flexibility index (Phi) is 2.16. The molecule has 2 N–H and O–H groups in total. The Morgan fingerprint density at radius 2 is 2.17 bits per heavy atom. The van der Waals surface area contributed by atoms with Gasteiger partial charge in [0.2, 0.25) is 0 Å². The number of aldehydes is 2. The lowest BCUT2D eigenvalue weighted by atomic mass is 10.1. The predicted octanol–water partition coefficient (Wildman–Crippen LogP) is 1.59. The fourth-order valence-electron chi connectivity index (χ4n) is 2.02. The molecule has 18 heavy (non-hydrogen) atoms. The summed E-state index contributed by atoms with van der Waals surface area (Å²) in [6.45, 7) is 1.73. The van der Waals surface area contributed by atoms with Crippen LogP contribution in [0.3, 0.4) is 0 Å². The molecule has 0 aromatic carbocycles. The summed E-state index contributed by atoms with van der Waals surface area (Å²) in [6.07, 6.45) is 4.97. The summed E-state index contributed by atoms with van der Waals surface area (Å²) in [5.74, 6) is 0. The van der Waals surface area contributed by atoms with E-state index in [1.807, 2.05) is 6.07 Å². The molecule has 3 rings (SSSR count). The van der Waals surface area contributed by atoms with Crippen molar-refractivity contribution in [1.29, 1.82) is 0 Å². The third-order valence-corrected chi connectivity index (χ3v) is 3.01. The fraction of sp³-hybridized carbons (Fsp3) is 0.0833. The first-order valence-electron chi connectivity index (χ1n) is 5.40. The van der Waals surface area contributed by atoms with Crippen molar-refractivity contribution < 1.29 is 9.59 Å². The maximum atomic E-state index is 11.1. The highest BCUT2D eigenvalue weighted by Gasteiger charge is 2.17. The molecule has 6 heteroatoms. The van der Waals surface area contributed by atoms with Gasteiger partial charge >= 0.3 is 0 Å². The normalized spacial score (nSPS) is 10.9. The second kappa shape index (κ2) is 3.69. The molecule has 0 fully saturated rings. The van der Waals surface area contributed by atoms with Crippen molar-refractivity contribution in [1.82, 2.24) is 19.6 Å². The maximum Gasteiger partial charge on any atom is 0.166 e. The van der Waals surface area contributed by atoms with Gasteiger partial charge in [-0.15, -0.1) is 0 Å². The van der Waals surface area contributed by atoms with Crippen LogP contribution in [-0.2, 0) is 0 Å². The topological polar surface area (TPSA) is 83.0 Å². The van der Waals surface area contributed by atoms with Gasteiger partial charge in [-0.05, 0) is 12.5 Å². The van der Waals surface area contributed by atoms with Crippen molar-refractivity contribution in [2.75, 3.05) is 0 Å². The molecule has 0 aliphatic carbocycles. The molecule has 0 saturated carbocycles. The number of nitrogens with zero attached hydrogens (tertiary/aromatic N) is 2. The molecular formula is C12H10N4O2. The molecular weight excluding hydrogens is 232 g/mol. The molecule has 3 aromatic rings. The summed E-state index contributed by atoms with van der Waals surface area (Å²) < 4.78 is 1.74. The molecule has 90 valence electrons. The van der Waals surface area contributed by atoms with Gasteiger partial charge in [0.25, 0.3) is 0 Å². The van der Waals surface area contributed by atoms with Crippen LogP contribution in [-0.4, -0.2) is 32.2 Å². The second-order valence-corrected chi connectivity index (χ2v) is 4.00. The summed E-state index contributed by atoms with van der Waals surface area (Å²) >= 11 is 0. The van der Waals surface area contributed by atoms with Crippen molar-refractivity contribution in [2.45, 2.75) is 6.92 Å². The molecule has 3 aromatic heterocycles. The molecule has 0 radical (unpaired) electrons. The van der Waals surface area contributed by atoms with Crippen LogP contribution in [0, 0.1) is 6.92 Å². The van der Waals surface area contributed by atoms with Gasteiger partial charge in [-0.2, -0.15) is 0 Å². The summed E-state index contributed by atoms with van der Waals surface area (Å²) in [4.78, 5) is 29.3. The number of carbonyl (C=O) groups is 2. The lowest BCUT2D eigenvalue weighted by Gasteiger charge is -1.93. The summed E-state index contributed by atoms with van der Waals surface area (Å²) in [6, 6.07) is 1.82. The van der Waals surface area contributed by atoms with Crippen LogP contribution in [0.15, 0.2) is 18.5 Å². The van der Waals surface area contributed by atoms with E-state index in [4.69, 9.17) is 0 Å². The molecule has 0 atom stereocenters. The number of rotatable bonds is 3. The second-order valence-electron chi connectivity index (χ2n) is 4.00. The number of H-pyrrole nitrogens is 2. The van der Waals surface area contributed by atoms with E-state index in [0.717, 1.165) is 11.9 Å². The van der Waals surface area contributed by atoms with E-state index in [0.29, 0.717) is 34.5 Å². The highest BCUT2D eigenvalue weighted by atomic mass is 16.1. The number of aromatic nitrogens is 4. The Morgan fingerprint density at radius 3 is 2.83 bits per heavy atom. The molecule has 0 spiro atoms. The van der Waals surface area contributed by atoms with E-state index in [1.54, 1.807) is 23.8 Å². The van der Waals surface area contributed by atoms with Gasteiger partial charge in [0.15, 0.2) is 18.2 Å². The van der Waals surface area contributed by atoms with E-state index in [9.17, 15) is 9.59 Å². The molecule has 0 aliphatic rings. The van der Waals surface area contributed by atoms with E-state index in [-0.39, 0.29) is 0 Å². The summed E-state index contributed by atoms with van der Waals surface area (Å²) in [5, 5.41) is 2.96. The standard InChI is InChI=1S/C12H10N4O2/c1-7-8(5-17)12(15-10(7)6-18)9-4-16-11(14-9)2-3-13-16/h2-6,13,15H,1H3. The Bertz CT molecular complexity index is 719. The quantitative estimate of drug-likeness (QED) is 0.684. The highest BCUT2D eigenvalue weighted by Crippen LogP contribution is 2.25. The van der Waals surface area contributed by atoms with Crippen molar-refractivity contribution in [3.05, 3.63) is 35.3 Å². The molecule has 0 bridgehead atoms. The minimum absolute atomic E-state index is 0.406. The van der Waals surface area contributed by atoms with Crippen molar-refractivity contribution >= 4 is 18.2 Å². The monoisotopic (exact) mass is 242 g/mol. The molecule has 0 saturated heterocycles. The number of fused-ring (bicyclic) bond motifs is 1. The lowest BCUT2D eigenvalue weighted by molar-refractivity contribution is 0.111. The van der Waals surface area contributed by atoms with Gasteiger partial charge < -0.3 is 10.1 Å². The first-order chi connectivity index (χ1) is 8.74. The van der Waals surface area contributed by atoms with Crippen LogP contribution >= 0.6 is 0 Å². The summed E-state index contributed by atoms with van der Waals surface area (Å²) in [7, 11) is 0. The van der Waals surface area contributed by atoms with Crippen LogP contribution in [0.25, 0.3) is 17.0 Å². The van der Waals surface area contributed by atoms with Crippen LogP contribution < -0.4 is 0 Å². The molecule has 3 heterocycles. The van der Waals surface area contributed by atoms with Crippen LogP contribution in [0.2, 0.25) is 0 Å². The minimum Gasteiger partial charge on any atom is -0.350 e. The van der Waals surface area contributed by atoms with E-state index in [2.05, 4.69) is 15.1 Å². The zero-order valence-electron chi connectivity index (χ0n) is 9.60. The minimum atomic E-state index is 0.406. The number of carbonyl (C=O) groups excluding carboxylic acids is 2. The Balaban J connectivity index is 2.24. The van der Waals surface area contributed by atoms with E-state index in [1.165, 1.54) is 0 Å². The third-order valence-electron chi connectivity index (χ3n) is 3.01. The lowest BCUT2D eigenvalue weighted by Crippen LogP contribution is -1.86. The number of imidazole rings is 1. The zero-order chi connectivity index (χ0) is 12.7. The van der Waals surface area contributed by atoms with Gasteiger partial charge in [-0.1, -0.05) is 0 Å². The van der Waals surface area contributed by atoms with E-state index >= 15 is 0 Å². The van der Waals surface area contributed by atoms with Crippen LogP contribution in [0.5, 0.6) is 0 Å². The van der Waals surface area contributed by atoms with Crippen molar-refractivity contribution in [3.8, 4) is 11.4 Å². The number of nitrogens with one attached hydrogen (secondary N) is 2. The highest BCUT2D eigenvalue weighted by molar-refractivity contribution is 5.92. The van der Waals surface area contributed by atoms with Gasteiger partial charge in [0, 0.05) is 17.8 Å². The predicted molar refractivity (Wildman–Crippen MR) is 64.8 cm³/mol. The molecule has 0 amide bonds. The first kappa shape index (κ1) is 10.5. The number of aromatic amines is 2.